The number of rotatable bonds is 4. The van der Waals surface area contributed by atoms with Crippen LogP contribution in [0.4, 0.5) is 5.69 Å². The maximum absolute atomic E-state index is 6.13. The second-order valence-electron chi connectivity index (χ2n) is 4.71. The maximum Gasteiger partial charge on any atom is 0.0669 e. The molecule has 0 spiro atoms. The zero-order chi connectivity index (χ0) is 14.0. The summed E-state index contributed by atoms with van der Waals surface area (Å²) in [6.45, 7) is 4.52. The smallest absolute Gasteiger partial charge is 0.0669 e. The van der Waals surface area contributed by atoms with E-state index in [4.69, 9.17) is 17.3 Å². The predicted octanol–water partition coefficient (Wildman–Crippen LogP) is 2.80. The first kappa shape index (κ1) is 13.9. The van der Waals surface area contributed by atoms with Crippen molar-refractivity contribution in [1.82, 2.24) is 9.78 Å². The molecule has 2 aromatic rings. The van der Waals surface area contributed by atoms with Gasteiger partial charge in [0.25, 0.3) is 0 Å². The molecule has 4 nitrogen and oxygen atoms in total. The number of hydrogen-bond acceptors (Lipinski definition) is 3. The molecule has 5 heteroatoms. The molecule has 2 rings (SSSR count). The molecule has 0 bridgehead atoms. The SMILES string of the molecule is Cc1ccc(NC(CN)c2cnn(C)c2C)cc1Cl. The molecule has 1 unspecified atom stereocenters. The van der Waals surface area contributed by atoms with E-state index in [9.17, 15) is 0 Å². The summed E-state index contributed by atoms with van der Waals surface area (Å²) in [4.78, 5) is 0. The van der Waals surface area contributed by atoms with Crippen molar-refractivity contribution in [2.45, 2.75) is 19.9 Å². The number of aromatic nitrogens is 2. The van der Waals surface area contributed by atoms with E-state index in [0.29, 0.717) is 6.54 Å². The molecule has 0 saturated heterocycles. The van der Waals surface area contributed by atoms with Crippen LogP contribution >= 0.6 is 11.6 Å². The van der Waals surface area contributed by atoms with Gasteiger partial charge in [0.1, 0.15) is 0 Å². The normalized spacial score (nSPS) is 12.5. The zero-order valence-corrected chi connectivity index (χ0v) is 12.2. The molecule has 1 aromatic carbocycles. The van der Waals surface area contributed by atoms with Crippen molar-refractivity contribution in [3.8, 4) is 0 Å². The van der Waals surface area contributed by atoms with Gasteiger partial charge in [0.15, 0.2) is 0 Å². The Kier molecular flexibility index (Phi) is 4.12. The van der Waals surface area contributed by atoms with Crippen molar-refractivity contribution in [3.63, 3.8) is 0 Å². The van der Waals surface area contributed by atoms with E-state index in [-0.39, 0.29) is 6.04 Å². The lowest BCUT2D eigenvalue weighted by molar-refractivity contribution is 0.728. The minimum absolute atomic E-state index is 0.0347. The summed E-state index contributed by atoms with van der Waals surface area (Å²) in [5.74, 6) is 0. The first-order valence-corrected chi connectivity index (χ1v) is 6.62. The van der Waals surface area contributed by atoms with Crippen LogP contribution in [0.15, 0.2) is 24.4 Å². The highest BCUT2D eigenvalue weighted by Crippen LogP contribution is 2.25. The number of hydrogen-bond donors (Lipinski definition) is 2. The number of nitrogens with two attached hydrogens (primary N) is 1. The van der Waals surface area contributed by atoms with Gasteiger partial charge in [-0.05, 0) is 31.5 Å². The minimum Gasteiger partial charge on any atom is -0.377 e. The molecule has 0 aliphatic heterocycles. The van der Waals surface area contributed by atoms with Crippen molar-refractivity contribution in [3.05, 3.63) is 46.2 Å². The van der Waals surface area contributed by atoms with Crippen molar-refractivity contribution in [1.29, 1.82) is 0 Å². The van der Waals surface area contributed by atoms with Gasteiger partial charge in [-0.3, -0.25) is 4.68 Å². The van der Waals surface area contributed by atoms with Crippen LogP contribution in [0, 0.1) is 13.8 Å². The fourth-order valence-electron chi connectivity index (χ4n) is 2.01. The summed E-state index contributed by atoms with van der Waals surface area (Å²) in [5, 5.41) is 8.41. The van der Waals surface area contributed by atoms with Crippen LogP contribution in [0.1, 0.15) is 22.9 Å². The fourth-order valence-corrected chi connectivity index (χ4v) is 2.19. The Morgan fingerprint density at radius 2 is 2.16 bits per heavy atom. The van der Waals surface area contributed by atoms with Gasteiger partial charge >= 0.3 is 0 Å². The molecule has 102 valence electrons. The van der Waals surface area contributed by atoms with Crippen molar-refractivity contribution in [2.75, 3.05) is 11.9 Å². The molecule has 0 aliphatic rings. The quantitative estimate of drug-likeness (QED) is 0.904. The Bertz CT molecular complexity index is 577. The van der Waals surface area contributed by atoms with Gasteiger partial charge in [0.2, 0.25) is 0 Å². The minimum atomic E-state index is 0.0347. The second-order valence-corrected chi connectivity index (χ2v) is 5.11. The number of halogens is 1. The lowest BCUT2D eigenvalue weighted by Gasteiger charge is -2.18. The lowest BCUT2D eigenvalue weighted by atomic mass is 10.1. The standard InChI is InChI=1S/C14H19ClN4/c1-9-4-5-11(6-13(9)15)18-14(7-16)12-8-17-19(3)10(12)2/h4-6,8,14,18H,7,16H2,1-3H3. The van der Waals surface area contributed by atoms with Crippen molar-refractivity contribution >= 4 is 17.3 Å². The summed E-state index contributed by atoms with van der Waals surface area (Å²) < 4.78 is 1.85. The number of aryl methyl sites for hydroxylation is 2. The third-order valence-corrected chi connectivity index (χ3v) is 3.80. The third-order valence-electron chi connectivity index (χ3n) is 3.40. The maximum atomic E-state index is 6.13. The summed E-state index contributed by atoms with van der Waals surface area (Å²) in [7, 11) is 1.93. The second kappa shape index (κ2) is 5.63. The monoisotopic (exact) mass is 278 g/mol. The van der Waals surface area contributed by atoms with E-state index in [2.05, 4.69) is 10.4 Å². The molecule has 19 heavy (non-hydrogen) atoms. The Balaban J connectivity index is 2.24. The molecule has 3 N–H and O–H groups in total. The average molecular weight is 279 g/mol. The fraction of sp³-hybridized carbons (Fsp3) is 0.357. The van der Waals surface area contributed by atoms with E-state index in [1.165, 1.54) is 0 Å². The first-order chi connectivity index (χ1) is 9.02. The molecule has 1 aromatic heterocycles. The summed E-state index contributed by atoms with van der Waals surface area (Å²) in [6.07, 6.45) is 1.86. The first-order valence-electron chi connectivity index (χ1n) is 6.24. The molecular formula is C14H19ClN4. The Hall–Kier alpha value is -1.52. The van der Waals surface area contributed by atoms with Crippen LogP contribution in [0.25, 0.3) is 0 Å². The Labute approximate surface area is 118 Å². The molecule has 0 fully saturated rings. The molecule has 0 radical (unpaired) electrons. The molecule has 1 heterocycles. The topological polar surface area (TPSA) is 55.9 Å². The van der Waals surface area contributed by atoms with Crippen LogP contribution in [-0.2, 0) is 7.05 Å². The molecular weight excluding hydrogens is 260 g/mol. The van der Waals surface area contributed by atoms with Gasteiger partial charge in [0.05, 0.1) is 12.2 Å². The lowest BCUT2D eigenvalue weighted by Crippen LogP contribution is -2.21. The van der Waals surface area contributed by atoms with E-state index in [0.717, 1.165) is 27.5 Å². The van der Waals surface area contributed by atoms with Crippen LogP contribution in [0.2, 0.25) is 5.02 Å². The Morgan fingerprint density at radius 3 is 2.68 bits per heavy atom. The summed E-state index contributed by atoms with van der Waals surface area (Å²) in [6, 6.07) is 5.96. The van der Waals surface area contributed by atoms with Crippen LogP contribution < -0.4 is 11.1 Å². The average Bonchev–Trinajstić information content (AvgIpc) is 2.72. The van der Waals surface area contributed by atoms with Crippen molar-refractivity contribution in [2.24, 2.45) is 12.8 Å². The van der Waals surface area contributed by atoms with Gasteiger partial charge < -0.3 is 11.1 Å². The van der Waals surface area contributed by atoms with E-state index < -0.39 is 0 Å². The van der Waals surface area contributed by atoms with Gasteiger partial charge in [0, 0.05) is 35.6 Å². The number of anilines is 1. The number of nitrogens with zero attached hydrogens (tertiary/aromatic N) is 2. The van der Waals surface area contributed by atoms with Gasteiger partial charge in [-0.1, -0.05) is 17.7 Å². The summed E-state index contributed by atoms with van der Waals surface area (Å²) >= 11 is 6.13. The van der Waals surface area contributed by atoms with Gasteiger partial charge in [-0.25, -0.2) is 0 Å². The highest BCUT2D eigenvalue weighted by molar-refractivity contribution is 6.31. The highest BCUT2D eigenvalue weighted by atomic mass is 35.5. The van der Waals surface area contributed by atoms with E-state index in [1.807, 2.05) is 50.0 Å². The zero-order valence-electron chi connectivity index (χ0n) is 11.4. The molecule has 1 atom stereocenters. The van der Waals surface area contributed by atoms with Crippen LogP contribution in [0.5, 0.6) is 0 Å². The molecule has 0 amide bonds. The van der Waals surface area contributed by atoms with Crippen molar-refractivity contribution < 1.29 is 0 Å². The van der Waals surface area contributed by atoms with Crippen LogP contribution in [0.3, 0.4) is 0 Å². The van der Waals surface area contributed by atoms with E-state index in [1.54, 1.807) is 0 Å². The molecule has 0 aliphatic carbocycles. The predicted molar refractivity (Wildman–Crippen MR) is 79.6 cm³/mol. The molecule has 0 saturated carbocycles. The summed E-state index contributed by atoms with van der Waals surface area (Å²) in [5.41, 5.74) is 10.1. The number of nitrogens with one attached hydrogen (secondary N) is 1. The van der Waals surface area contributed by atoms with Gasteiger partial charge in [-0.15, -0.1) is 0 Å². The van der Waals surface area contributed by atoms with Crippen LogP contribution in [-0.4, -0.2) is 16.3 Å². The Morgan fingerprint density at radius 1 is 1.42 bits per heavy atom. The third kappa shape index (κ3) is 2.91. The largest absolute Gasteiger partial charge is 0.377 e. The highest BCUT2D eigenvalue weighted by Gasteiger charge is 2.15. The van der Waals surface area contributed by atoms with E-state index >= 15 is 0 Å². The van der Waals surface area contributed by atoms with Gasteiger partial charge in [-0.2, -0.15) is 5.10 Å². The number of benzene rings is 1.